The van der Waals surface area contributed by atoms with Gasteiger partial charge in [0.1, 0.15) is 0 Å². The SMILES string of the molecule is CCn1cc(Br)c(CN(C)C(=O)C2CCN(S(=O)(=O)c3ccccc3)CC2)n1. The minimum absolute atomic E-state index is 0.0368. The van der Waals surface area contributed by atoms with Gasteiger partial charge in [-0.05, 0) is 47.8 Å². The van der Waals surface area contributed by atoms with Crippen molar-refractivity contribution in [1.29, 1.82) is 0 Å². The second-order valence-corrected chi connectivity index (χ2v) is 9.76. The zero-order valence-corrected chi connectivity index (χ0v) is 18.5. The van der Waals surface area contributed by atoms with E-state index in [1.54, 1.807) is 42.3 Å². The Hall–Kier alpha value is -1.71. The lowest BCUT2D eigenvalue weighted by Gasteiger charge is -2.32. The maximum absolute atomic E-state index is 12.8. The van der Waals surface area contributed by atoms with Crippen LogP contribution in [0.5, 0.6) is 0 Å². The average molecular weight is 469 g/mol. The molecule has 1 aliphatic rings. The zero-order valence-electron chi connectivity index (χ0n) is 16.1. The molecule has 0 radical (unpaired) electrons. The summed E-state index contributed by atoms with van der Waals surface area (Å²) < 4.78 is 29.6. The van der Waals surface area contributed by atoms with E-state index in [1.807, 2.05) is 17.8 Å². The number of nitrogens with zero attached hydrogens (tertiary/aromatic N) is 4. The smallest absolute Gasteiger partial charge is 0.243 e. The zero-order chi connectivity index (χ0) is 20.3. The molecule has 1 amide bonds. The summed E-state index contributed by atoms with van der Waals surface area (Å²) in [6.07, 6.45) is 2.96. The van der Waals surface area contributed by atoms with Crippen LogP contribution in [0.3, 0.4) is 0 Å². The molecule has 9 heteroatoms. The summed E-state index contributed by atoms with van der Waals surface area (Å²) in [4.78, 5) is 14.8. The first-order valence-electron chi connectivity index (χ1n) is 9.35. The maximum Gasteiger partial charge on any atom is 0.243 e. The Kier molecular flexibility index (Phi) is 6.57. The number of carbonyl (C=O) groups excluding carboxylic acids is 1. The molecule has 0 bridgehead atoms. The van der Waals surface area contributed by atoms with Crippen LogP contribution in [0.4, 0.5) is 0 Å². The van der Waals surface area contributed by atoms with E-state index in [2.05, 4.69) is 21.0 Å². The first-order chi connectivity index (χ1) is 13.3. The standard InChI is InChI=1S/C19H25BrN4O3S/c1-3-23-13-17(20)18(21-23)14-22(2)19(25)15-9-11-24(12-10-15)28(26,27)16-7-5-4-6-8-16/h4-8,13,15H,3,9-12,14H2,1-2H3. The van der Waals surface area contributed by atoms with Crippen molar-refractivity contribution in [1.82, 2.24) is 19.0 Å². The first kappa shape index (κ1) is 21.0. The van der Waals surface area contributed by atoms with Crippen molar-refractivity contribution in [3.05, 3.63) is 46.7 Å². The highest BCUT2D eigenvalue weighted by Gasteiger charge is 2.33. The molecule has 0 N–H and O–H groups in total. The lowest BCUT2D eigenvalue weighted by atomic mass is 9.96. The Morgan fingerprint density at radius 2 is 1.89 bits per heavy atom. The van der Waals surface area contributed by atoms with E-state index < -0.39 is 10.0 Å². The van der Waals surface area contributed by atoms with Gasteiger partial charge < -0.3 is 4.90 Å². The molecular formula is C19H25BrN4O3S. The molecule has 0 spiro atoms. The fourth-order valence-corrected chi connectivity index (χ4v) is 5.34. The van der Waals surface area contributed by atoms with Crippen molar-refractivity contribution >= 4 is 31.9 Å². The highest BCUT2D eigenvalue weighted by molar-refractivity contribution is 9.10. The number of hydrogen-bond acceptors (Lipinski definition) is 4. The lowest BCUT2D eigenvalue weighted by Crippen LogP contribution is -2.43. The van der Waals surface area contributed by atoms with Crippen LogP contribution in [0.1, 0.15) is 25.5 Å². The van der Waals surface area contributed by atoms with E-state index >= 15 is 0 Å². The Labute approximate surface area is 174 Å². The van der Waals surface area contributed by atoms with Crippen molar-refractivity contribution in [2.24, 2.45) is 5.92 Å². The van der Waals surface area contributed by atoms with E-state index in [0.29, 0.717) is 37.4 Å². The summed E-state index contributed by atoms with van der Waals surface area (Å²) in [5.74, 6) is -0.131. The molecule has 2 heterocycles. The Bertz CT molecular complexity index is 922. The summed E-state index contributed by atoms with van der Waals surface area (Å²) in [7, 11) is -1.73. The van der Waals surface area contributed by atoms with E-state index in [4.69, 9.17) is 0 Å². The topological polar surface area (TPSA) is 75.5 Å². The van der Waals surface area contributed by atoms with Crippen molar-refractivity contribution in [2.45, 2.75) is 37.8 Å². The van der Waals surface area contributed by atoms with Crippen LogP contribution < -0.4 is 0 Å². The minimum Gasteiger partial charge on any atom is -0.340 e. The van der Waals surface area contributed by atoms with Gasteiger partial charge in [-0.15, -0.1) is 0 Å². The molecule has 1 fully saturated rings. The van der Waals surface area contributed by atoms with Crippen molar-refractivity contribution in [2.75, 3.05) is 20.1 Å². The number of piperidine rings is 1. The van der Waals surface area contributed by atoms with Crippen LogP contribution in [-0.4, -0.2) is 53.4 Å². The second kappa shape index (κ2) is 8.75. The molecule has 0 aliphatic carbocycles. The van der Waals surface area contributed by atoms with E-state index in [1.165, 1.54) is 4.31 Å². The number of benzene rings is 1. The number of hydrogen-bond donors (Lipinski definition) is 0. The van der Waals surface area contributed by atoms with Gasteiger partial charge in [0.15, 0.2) is 0 Å². The monoisotopic (exact) mass is 468 g/mol. The van der Waals surface area contributed by atoms with Crippen LogP contribution in [0.15, 0.2) is 45.9 Å². The van der Waals surface area contributed by atoms with Crippen molar-refractivity contribution in [3.8, 4) is 0 Å². The van der Waals surface area contributed by atoms with Gasteiger partial charge in [0.05, 0.1) is 21.6 Å². The van der Waals surface area contributed by atoms with Crippen LogP contribution in [0.25, 0.3) is 0 Å². The van der Waals surface area contributed by atoms with E-state index in [-0.39, 0.29) is 11.8 Å². The summed E-state index contributed by atoms with van der Waals surface area (Å²) in [5.41, 5.74) is 0.821. The van der Waals surface area contributed by atoms with Crippen molar-refractivity contribution < 1.29 is 13.2 Å². The molecule has 7 nitrogen and oxygen atoms in total. The molecule has 1 aromatic carbocycles. The fraction of sp³-hybridized carbons (Fsp3) is 0.474. The van der Waals surface area contributed by atoms with Gasteiger partial charge in [0.2, 0.25) is 15.9 Å². The lowest BCUT2D eigenvalue weighted by molar-refractivity contribution is -0.136. The summed E-state index contributed by atoms with van der Waals surface area (Å²) >= 11 is 3.49. The normalized spacial score (nSPS) is 16.2. The Balaban J connectivity index is 1.59. The first-order valence-corrected chi connectivity index (χ1v) is 11.6. The summed E-state index contributed by atoms with van der Waals surface area (Å²) in [6.45, 7) is 3.92. The quantitative estimate of drug-likeness (QED) is 0.652. The van der Waals surface area contributed by atoms with Gasteiger partial charge in [0, 0.05) is 38.8 Å². The number of carbonyl (C=O) groups is 1. The van der Waals surface area contributed by atoms with Crippen LogP contribution in [-0.2, 0) is 27.9 Å². The number of amides is 1. The second-order valence-electron chi connectivity index (χ2n) is 6.97. The van der Waals surface area contributed by atoms with E-state index in [0.717, 1.165) is 16.7 Å². The van der Waals surface area contributed by atoms with Gasteiger partial charge in [-0.25, -0.2) is 8.42 Å². The average Bonchev–Trinajstić information content (AvgIpc) is 3.07. The Morgan fingerprint density at radius 3 is 2.46 bits per heavy atom. The molecule has 0 saturated carbocycles. The van der Waals surface area contributed by atoms with Gasteiger partial charge in [-0.2, -0.15) is 9.40 Å². The largest absolute Gasteiger partial charge is 0.340 e. The molecule has 1 aromatic heterocycles. The van der Waals surface area contributed by atoms with Crippen LogP contribution >= 0.6 is 15.9 Å². The van der Waals surface area contributed by atoms with Gasteiger partial charge in [-0.3, -0.25) is 9.48 Å². The third-order valence-corrected chi connectivity index (χ3v) is 7.63. The molecule has 3 rings (SSSR count). The summed E-state index contributed by atoms with van der Waals surface area (Å²) in [6, 6.07) is 8.44. The minimum atomic E-state index is -3.50. The highest BCUT2D eigenvalue weighted by atomic mass is 79.9. The Morgan fingerprint density at radius 1 is 1.25 bits per heavy atom. The van der Waals surface area contributed by atoms with Crippen molar-refractivity contribution in [3.63, 3.8) is 0 Å². The number of sulfonamides is 1. The number of rotatable bonds is 6. The third-order valence-electron chi connectivity index (χ3n) is 5.06. The molecular weight excluding hydrogens is 444 g/mol. The van der Waals surface area contributed by atoms with E-state index in [9.17, 15) is 13.2 Å². The summed E-state index contributed by atoms with van der Waals surface area (Å²) in [5, 5.41) is 4.46. The third kappa shape index (κ3) is 4.47. The maximum atomic E-state index is 12.8. The molecule has 2 aromatic rings. The molecule has 28 heavy (non-hydrogen) atoms. The van der Waals surface area contributed by atoms with Crippen LogP contribution in [0, 0.1) is 5.92 Å². The van der Waals surface area contributed by atoms with Gasteiger partial charge in [-0.1, -0.05) is 18.2 Å². The predicted molar refractivity (Wildman–Crippen MR) is 110 cm³/mol. The number of aromatic nitrogens is 2. The molecule has 1 aliphatic heterocycles. The molecule has 0 unspecified atom stereocenters. The fourth-order valence-electron chi connectivity index (χ4n) is 3.41. The van der Waals surface area contributed by atoms with Crippen LogP contribution in [0.2, 0.25) is 0 Å². The van der Waals surface area contributed by atoms with Gasteiger partial charge in [0.25, 0.3) is 0 Å². The predicted octanol–water partition coefficient (Wildman–Crippen LogP) is 2.72. The molecule has 152 valence electrons. The highest BCUT2D eigenvalue weighted by Crippen LogP contribution is 2.25. The molecule has 0 atom stereocenters. The number of halogens is 1. The number of aryl methyl sites for hydroxylation is 1. The van der Waals surface area contributed by atoms with Gasteiger partial charge >= 0.3 is 0 Å². The molecule has 1 saturated heterocycles.